The zero-order valence-electron chi connectivity index (χ0n) is 18.6. The van der Waals surface area contributed by atoms with Crippen LogP contribution in [-0.4, -0.2) is 32.6 Å². The van der Waals surface area contributed by atoms with Gasteiger partial charge in [0, 0.05) is 12.1 Å². The van der Waals surface area contributed by atoms with Gasteiger partial charge in [-0.25, -0.2) is 13.2 Å². The number of hydrogen-bond donors (Lipinski definition) is 2. The molecule has 0 atom stereocenters. The Hall–Kier alpha value is -4.25. The molecule has 0 saturated heterocycles. The number of nitro benzene ring substituents is 1. The fraction of sp³-hybridized carbons (Fsp3) is 0.130. The molecule has 0 fully saturated rings. The molecule has 2 N–H and O–H groups in total. The first-order valence-electron chi connectivity index (χ1n) is 9.96. The number of carbonyl (C=O) groups is 1. The number of carbonyl (C=O) groups excluding carboxylic acids is 1. The fourth-order valence-electron chi connectivity index (χ4n) is 3.07. The van der Waals surface area contributed by atoms with Crippen molar-refractivity contribution in [1.82, 2.24) is 0 Å². The largest absolute Gasteiger partial charge is 0.465 e. The smallest absolute Gasteiger partial charge is 0.337 e. The van der Waals surface area contributed by atoms with Crippen molar-refractivity contribution in [3.63, 3.8) is 0 Å². The van der Waals surface area contributed by atoms with E-state index in [-0.39, 0.29) is 16.3 Å². The third-order valence-electron chi connectivity index (χ3n) is 4.82. The lowest BCUT2D eigenvalue weighted by atomic mass is 10.1. The normalized spacial score (nSPS) is 11.3. The zero-order valence-corrected chi connectivity index (χ0v) is 19.4. The molecule has 3 aromatic carbocycles. The summed E-state index contributed by atoms with van der Waals surface area (Å²) in [6, 6.07) is 15.0. The first kappa shape index (κ1) is 24.4. The first-order chi connectivity index (χ1) is 16.1. The number of rotatable bonds is 8. The van der Waals surface area contributed by atoms with Crippen molar-refractivity contribution in [3.8, 4) is 0 Å². The maximum atomic E-state index is 13.1. The molecule has 0 spiro atoms. The van der Waals surface area contributed by atoms with E-state index < -0.39 is 20.9 Å². The van der Waals surface area contributed by atoms with Gasteiger partial charge in [-0.2, -0.15) is 5.10 Å². The number of sulfonamides is 1. The van der Waals surface area contributed by atoms with Crippen LogP contribution in [0, 0.1) is 24.0 Å². The van der Waals surface area contributed by atoms with Crippen molar-refractivity contribution in [2.24, 2.45) is 5.10 Å². The molecule has 176 valence electrons. The van der Waals surface area contributed by atoms with E-state index >= 15 is 0 Å². The summed E-state index contributed by atoms with van der Waals surface area (Å²) < 4.78 is 33.4. The van der Waals surface area contributed by atoms with E-state index in [0.717, 1.165) is 11.6 Å². The number of methoxy groups -OCH3 is 1. The standard InChI is InChI=1S/C23H22N4O6S/c1-15-4-10-20(16(2)12-15)26-34(31,32)22-13-19(27(29)30)9-11-21(22)25-24-14-17-5-7-18(8-6-17)23(28)33-3/h4-14,25-26H,1-3H3/b24-14-. The quantitative estimate of drug-likeness (QED) is 0.212. The molecule has 0 heterocycles. The van der Waals surface area contributed by atoms with Gasteiger partial charge < -0.3 is 4.74 Å². The highest BCUT2D eigenvalue weighted by Crippen LogP contribution is 2.29. The van der Waals surface area contributed by atoms with Gasteiger partial charge in [-0.05, 0) is 49.2 Å². The Balaban J connectivity index is 1.90. The second-order valence-corrected chi connectivity index (χ2v) is 9.00. The van der Waals surface area contributed by atoms with Gasteiger partial charge >= 0.3 is 5.97 Å². The van der Waals surface area contributed by atoms with Gasteiger partial charge in [0.2, 0.25) is 0 Å². The number of hydrazone groups is 1. The van der Waals surface area contributed by atoms with Crippen LogP contribution in [0.3, 0.4) is 0 Å². The summed E-state index contributed by atoms with van der Waals surface area (Å²) in [7, 11) is -2.91. The summed E-state index contributed by atoms with van der Waals surface area (Å²) in [5.41, 5.74) is 5.32. The molecule has 0 amide bonds. The number of anilines is 2. The molecule has 0 aliphatic carbocycles. The van der Waals surface area contributed by atoms with Gasteiger partial charge in [0.25, 0.3) is 15.7 Å². The average molecular weight is 483 g/mol. The lowest BCUT2D eigenvalue weighted by molar-refractivity contribution is -0.385. The van der Waals surface area contributed by atoms with Crippen LogP contribution in [0.5, 0.6) is 0 Å². The lowest BCUT2D eigenvalue weighted by Crippen LogP contribution is -2.16. The van der Waals surface area contributed by atoms with E-state index in [1.165, 1.54) is 25.5 Å². The third kappa shape index (κ3) is 5.75. The van der Waals surface area contributed by atoms with Crippen LogP contribution in [0.25, 0.3) is 0 Å². The number of nitrogens with one attached hydrogen (secondary N) is 2. The number of non-ortho nitro benzene ring substituents is 1. The first-order valence-corrected chi connectivity index (χ1v) is 11.4. The summed E-state index contributed by atoms with van der Waals surface area (Å²) in [4.78, 5) is 21.8. The average Bonchev–Trinajstić information content (AvgIpc) is 2.80. The van der Waals surface area contributed by atoms with E-state index in [9.17, 15) is 23.3 Å². The van der Waals surface area contributed by atoms with Crippen LogP contribution in [-0.2, 0) is 14.8 Å². The van der Waals surface area contributed by atoms with E-state index in [4.69, 9.17) is 0 Å². The van der Waals surface area contributed by atoms with Crippen molar-refractivity contribution >= 4 is 39.3 Å². The Kier molecular flexibility index (Phi) is 7.27. The van der Waals surface area contributed by atoms with Crippen LogP contribution < -0.4 is 10.1 Å². The molecule has 0 saturated carbocycles. The number of nitrogens with zero attached hydrogens (tertiary/aromatic N) is 2. The number of aryl methyl sites for hydroxylation is 2. The Morgan fingerprint density at radius 1 is 1.03 bits per heavy atom. The lowest BCUT2D eigenvalue weighted by Gasteiger charge is -2.14. The summed E-state index contributed by atoms with van der Waals surface area (Å²) in [6.07, 6.45) is 1.41. The molecule has 0 aliphatic rings. The molecule has 0 aliphatic heterocycles. The van der Waals surface area contributed by atoms with Crippen molar-refractivity contribution in [2.75, 3.05) is 17.3 Å². The van der Waals surface area contributed by atoms with Gasteiger partial charge in [0.1, 0.15) is 4.90 Å². The summed E-state index contributed by atoms with van der Waals surface area (Å²) >= 11 is 0. The Morgan fingerprint density at radius 3 is 2.32 bits per heavy atom. The topological polar surface area (TPSA) is 140 Å². The number of benzene rings is 3. The molecule has 0 radical (unpaired) electrons. The van der Waals surface area contributed by atoms with Crippen molar-refractivity contribution < 1.29 is 22.9 Å². The summed E-state index contributed by atoms with van der Waals surface area (Å²) in [6.45, 7) is 3.64. The van der Waals surface area contributed by atoms with Gasteiger partial charge in [-0.15, -0.1) is 0 Å². The SMILES string of the molecule is COC(=O)c1ccc(/C=N\Nc2ccc([N+](=O)[O-])cc2S(=O)(=O)Nc2ccc(C)cc2C)cc1. The highest BCUT2D eigenvalue weighted by Gasteiger charge is 2.23. The third-order valence-corrected chi connectivity index (χ3v) is 6.23. The number of hydrogen-bond acceptors (Lipinski definition) is 8. The van der Waals surface area contributed by atoms with E-state index in [1.807, 2.05) is 13.0 Å². The maximum Gasteiger partial charge on any atom is 0.337 e. The minimum absolute atomic E-state index is 0.0466. The second-order valence-electron chi connectivity index (χ2n) is 7.35. The highest BCUT2D eigenvalue weighted by molar-refractivity contribution is 7.92. The number of ether oxygens (including phenoxy) is 1. The van der Waals surface area contributed by atoms with E-state index in [0.29, 0.717) is 22.4 Å². The molecule has 10 nitrogen and oxygen atoms in total. The predicted octanol–water partition coefficient (Wildman–Crippen LogP) is 4.25. The Morgan fingerprint density at radius 2 is 1.71 bits per heavy atom. The monoisotopic (exact) mass is 482 g/mol. The molecule has 34 heavy (non-hydrogen) atoms. The fourth-order valence-corrected chi connectivity index (χ4v) is 4.37. The number of nitro groups is 1. The van der Waals surface area contributed by atoms with Gasteiger partial charge in [0.15, 0.2) is 0 Å². The Bertz CT molecular complexity index is 1370. The minimum atomic E-state index is -4.19. The van der Waals surface area contributed by atoms with E-state index in [2.05, 4.69) is 20.0 Å². The molecular formula is C23H22N4O6S. The van der Waals surface area contributed by atoms with Crippen LogP contribution in [0.15, 0.2) is 70.7 Å². The van der Waals surface area contributed by atoms with Crippen LogP contribution in [0.1, 0.15) is 27.0 Å². The molecule has 11 heteroatoms. The molecular weight excluding hydrogens is 460 g/mol. The van der Waals surface area contributed by atoms with Crippen LogP contribution in [0.4, 0.5) is 17.1 Å². The van der Waals surface area contributed by atoms with Gasteiger partial charge in [-0.1, -0.05) is 29.8 Å². The second kappa shape index (κ2) is 10.1. The summed E-state index contributed by atoms with van der Waals surface area (Å²) in [5.74, 6) is -0.473. The van der Waals surface area contributed by atoms with Crippen molar-refractivity contribution in [3.05, 3.63) is 93.0 Å². The molecule has 3 rings (SSSR count). The summed E-state index contributed by atoms with van der Waals surface area (Å²) in [5, 5.41) is 15.3. The highest BCUT2D eigenvalue weighted by atomic mass is 32.2. The number of esters is 1. The molecule has 3 aromatic rings. The van der Waals surface area contributed by atoms with Gasteiger partial charge in [0.05, 0.1) is 35.2 Å². The van der Waals surface area contributed by atoms with Crippen molar-refractivity contribution in [2.45, 2.75) is 18.7 Å². The Labute approximate surface area is 196 Å². The molecule has 0 unspecified atom stereocenters. The molecule has 0 aromatic heterocycles. The van der Waals surface area contributed by atoms with Crippen LogP contribution in [0.2, 0.25) is 0 Å². The van der Waals surface area contributed by atoms with Crippen LogP contribution >= 0.6 is 0 Å². The molecule has 0 bridgehead atoms. The minimum Gasteiger partial charge on any atom is -0.465 e. The predicted molar refractivity (Wildman–Crippen MR) is 129 cm³/mol. The van der Waals surface area contributed by atoms with Gasteiger partial charge in [-0.3, -0.25) is 20.3 Å². The zero-order chi connectivity index (χ0) is 24.9. The van der Waals surface area contributed by atoms with E-state index in [1.54, 1.807) is 43.3 Å². The maximum absolute atomic E-state index is 13.1. The van der Waals surface area contributed by atoms with Crippen molar-refractivity contribution in [1.29, 1.82) is 0 Å².